The van der Waals surface area contributed by atoms with E-state index in [0.29, 0.717) is 20.1 Å². The molecule has 0 atom stereocenters. The van der Waals surface area contributed by atoms with Crippen molar-refractivity contribution in [3.63, 3.8) is 0 Å². The smallest absolute Gasteiger partial charge is 0.248 e. The second-order valence-electron chi connectivity index (χ2n) is 23.5. The Kier molecular flexibility index (Phi) is 8.58. The van der Waals surface area contributed by atoms with Crippen LogP contribution in [0.25, 0.3) is 116 Å². The van der Waals surface area contributed by atoms with Gasteiger partial charge in [0, 0.05) is 65.9 Å². The van der Waals surface area contributed by atoms with Gasteiger partial charge in [0.05, 0.1) is 16.6 Å². The summed E-state index contributed by atoms with van der Waals surface area (Å²) in [5.41, 5.74) is 37.6. The fraction of sp³-hybridized carbons (Fsp3) is 0.0400. The van der Waals surface area contributed by atoms with Crippen LogP contribution in [0.2, 0.25) is 0 Å². The van der Waals surface area contributed by atoms with Crippen molar-refractivity contribution in [1.29, 1.82) is 0 Å². The van der Waals surface area contributed by atoms with Crippen LogP contribution in [0.1, 0.15) is 16.7 Å². The van der Waals surface area contributed by atoms with Gasteiger partial charge in [0.1, 0.15) is 0 Å². The van der Waals surface area contributed by atoms with E-state index in [4.69, 9.17) is 0 Å². The lowest BCUT2D eigenvalue weighted by molar-refractivity contribution is 1.18. The number of hydrogen-bond donors (Lipinski definition) is 0. The predicted molar refractivity (Wildman–Crippen MR) is 347 cm³/mol. The molecule has 0 spiro atoms. The van der Waals surface area contributed by atoms with Gasteiger partial charge >= 0.3 is 0 Å². The zero-order valence-corrected chi connectivity index (χ0v) is 45.1. The largest absolute Gasteiger partial charge is 0.310 e. The van der Waals surface area contributed by atoms with E-state index in [9.17, 15) is 0 Å². The molecule has 3 aromatic heterocycles. The van der Waals surface area contributed by atoms with Gasteiger partial charge < -0.3 is 13.7 Å². The zero-order chi connectivity index (χ0) is 53.1. The molecule has 81 heavy (non-hydrogen) atoms. The summed E-state index contributed by atoms with van der Waals surface area (Å²) in [7, 11) is 0. The molecule has 0 unspecified atom stereocenters. The van der Waals surface area contributed by atoms with Crippen LogP contribution in [0.3, 0.4) is 0 Å². The molecule has 0 bridgehead atoms. The van der Waals surface area contributed by atoms with Gasteiger partial charge in [0.15, 0.2) is 0 Å². The van der Waals surface area contributed by atoms with E-state index in [1.54, 1.807) is 0 Å². The summed E-state index contributed by atoms with van der Waals surface area (Å²) in [5.74, 6) is 0. The Hall–Kier alpha value is -9.77. The number of hydrogen-bond acceptors (Lipinski definition) is 0. The summed E-state index contributed by atoms with van der Waals surface area (Å²) >= 11 is 0. The van der Waals surface area contributed by atoms with Crippen LogP contribution in [0.15, 0.2) is 237 Å². The first kappa shape index (κ1) is 44.1. The molecule has 12 aromatic carbocycles. The summed E-state index contributed by atoms with van der Waals surface area (Å²) in [6.45, 7) is 7.68. The van der Waals surface area contributed by atoms with E-state index >= 15 is 0 Å². The molecule has 0 aliphatic carbocycles. The molecule has 6 heteroatoms. The average Bonchev–Trinajstić information content (AvgIpc) is 3.29. The fourth-order valence-electron chi connectivity index (χ4n) is 16.5. The predicted octanol–water partition coefficient (Wildman–Crippen LogP) is 11.7. The van der Waals surface area contributed by atoms with Gasteiger partial charge in [-0.2, -0.15) is 0 Å². The lowest BCUT2D eigenvalue weighted by Crippen LogP contribution is -2.53. The molecule has 0 amide bonds. The molecule has 0 saturated heterocycles. The Bertz CT molecular complexity index is 5340. The average molecular weight is 1020 g/mol. The maximum absolute atomic E-state index is 2.52. The van der Waals surface area contributed by atoms with Gasteiger partial charge in [-0.25, -0.2) is 0 Å². The van der Waals surface area contributed by atoms with E-state index in [-0.39, 0.29) is 0 Å². The quantitative estimate of drug-likeness (QED) is 0.135. The molecule has 6 aliphatic heterocycles. The van der Waals surface area contributed by atoms with Gasteiger partial charge in [-0.05, 0) is 134 Å². The molecule has 0 N–H and O–H groups in total. The van der Waals surface area contributed by atoms with E-state index in [1.165, 1.54) is 182 Å². The molecule has 21 rings (SSSR count). The fourth-order valence-corrected chi connectivity index (χ4v) is 16.5. The summed E-state index contributed by atoms with van der Waals surface area (Å²) in [6, 6.07) is 88.0. The molecule has 9 heterocycles. The Morgan fingerprint density at radius 3 is 1.27 bits per heavy atom. The maximum Gasteiger partial charge on any atom is 0.248 e. The lowest BCUT2D eigenvalue weighted by Gasteiger charge is -2.24. The van der Waals surface area contributed by atoms with Gasteiger partial charge in [-0.1, -0.05) is 223 Å². The highest BCUT2D eigenvalue weighted by Gasteiger charge is 2.44. The normalized spacial score (nSPS) is 13.3. The second-order valence-corrected chi connectivity index (χ2v) is 23.5. The van der Waals surface area contributed by atoms with Crippen LogP contribution < -0.4 is 49.2 Å². The number of aryl methyl sites for hydroxylation is 3. The highest BCUT2D eigenvalue weighted by Crippen LogP contribution is 2.41. The van der Waals surface area contributed by atoms with E-state index in [1.807, 2.05) is 0 Å². The minimum absolute atomic E-state index is 0.340. The summed E-state index contributed by atoms with van der Waals surface area (Å²) < 4.78 is 7.54. The molecule has 0 fully saturated rings. The topological polar surface area (TPSA) is 14.8 Å². The Morgan fingerprint density at radius 2 is 0.679 bits per heavy atom. The van der Waals surface area contributed by atoms with Crippen molar-refractivity contribution in [3.8, 4) is 50.4 Å². The number of rotatable bonds is 0. The molecule has 0 radical (unpaired) electrons. The molecular weight excluding hydrogens is 975 g/mol. The number of aromatic nitrogens is 3. The number of benzene rings is 12. The molecule has 6 aliphatic rings. The van der Waals surface area contributed by atoms with Crippen LogP contribution in [-0.2, 0) is 0 Å². The van der Waals surface area contributed by atoms with Crippen molar-refractivity contribution in [3.05, 3.63) is 253 Å². The maximum atomic E-state index is 2.52. The third-order valence-electron chi connectivity index (χ3n) is 19.5. The van der Waals surface area contributed by atoms with Crippen molar-refractivity contribution in [2.24, 2.45) is 0 Å². The van der Waals surface area contributed by atoms with Crippen LogP contribution in [0.5, 0.6) is 0 Å². The third-order valence-corrected chi connectivity index (χ3v) is 19.5. The standard InChI is InChI=1S/3C25H16BN/c1-15-13-14-20-25-23(15)18-8-3-5-11-21(18)27(25)22-12-6-9-17-16-7-2-4-10-19(16)26(20)24(17)22;1-15-7-4-10-18-19-11-5-13-21-25(19)27(24(15)18)22-14-6-9-17-16-8-2-3-12-20(16)26(21)23(17)22;1-15-12-13-17-19-8-4-10-21-25(19)27(23(17)14-15)22-11-5-7-18-16-6-2-3-9-20(16)26(21)24(18)22/h3*2-14H,1H3. The number of para-hydroxylation sites is 4. The third kappa shape index (κ3) is 5.48. The minimum Gasteiger partial charge on any atom is -0.310 e. The molecular formula is C75H48B3N3. The Balaban J connectivity index is 0.0000000907. The van der Waals surface area contributed by atoms with E-state index in [0.717, 1.165) is 0 Å². The highest BCUT2D eigenvalue weighted by atomic mass is 15.0. The van der Waals surface area contributed by atoms with Crippen molar-refractivity contribution in [2.75, 3.05) is 0 Å². The molecule has 372 valence electrons. The Morgan fingerprint density at radius 1 is 0.259 bits per heavy atom. The first-order chi connectivity index (χ1) is 40.0. The van der Waals surface area contributed by atoms with Crippen molar-refractivity contribution in [2.45, 2.75) is 20.8 Å². The first-order valence-electron chi connectivity index (χ1n) is 28.8. The van der Waals surface area contributed by atoms with Crippen LogP contribution >= 0.6 is 0 Å². The van der Waals surface area contributed by atoms with Crippen LogP contribution in [0.4, 0.5) is 0 Å². The van der Waals surface area contributed by atoms with Crippen molar-refractivity contribution < 1.29 is 0 Å². The summed E-state index contributed by atoms with van der Waals surface area (Å²) in [5, 5.41) is 8.21. The Labute approximate surface area is 470 Å². The van der Waals surface area contributed by atoms with Gasteiger partial charge in [0.25, 0.3) is 0 Å². The van der Waals surface area contributed by atoms with Gasteiger partial charge in [-0.3, -0.25) is 0 Å². The summed E-state index contributed by atoms with van der Waals surface area (Å²) in [4.78, 5) is 0. The zero-order valence-electron chi connectivity index (χ0n) is 45.1. The van der Waals surface area contributed by atoms with Gasteiger partial charge in [-0.15, -0.1) is 0 Å². The van der Waals surface area contributed by atoms with E-state index < -0.39 is 0 Å². The van der Waals surface area contributed by atoms with Crippen molar-refractivity contribution >= 4 is 135 Å². The van der Waals surface area contributed by atoms with Crippen molar-refractivity contribution in [1.82, 2.24) is 13.7 Å². The van der Waals surface area contributed by atoms with Gasteiger partial charge in [0.2, 0.25) is 20.1 Å². The number of nitrogens with zero attached hydrogens (tertiary/aromatic N) is 3. The van der Waals surface area contributed by atoms with Crippen LogP contribution in [-0.4, -0.2) is 33.8 Å². The highest BCUT2D eigenvalue weighted by molar-refractivity contribution is 7.03. The summed E-state index contributed by atoms with van der Waals surface area (Å²) in [6.07, 6.45) is 0. The lowest BCUT2D eigenvalue weighted by atomic mass is 9.37. The molecule has 15 aromatic rings. The first-order valence-corrected chi connectivity index (χ1v) is 28.8. The van der Waals surface area contributed by atoms with Crippen LogP contribution in [0, 0.1) is 20.8 Å². The molecule has 3 nitrogen and oxygen atoms in total. The van der Waals surface area contributed by atoms with E-state index in [2.05, 4.69) is 271 Å². The SMILES string of the molecule is Cc1ccc2c3c1c1ccccc1n3-c1cccc3c1B2c1ccccc1-3.Cc1ccc2c3cccc4c3n(c2c1)-c1cccc2c1B4c1ccccc1-2.Cc1cccc2c3cccc4c3n(c12)-c1cccc2c1B4c1ccccc1-2. The second kappa shape index (κ2) is 15.7. The monoisotopic (exact) mass is 1020 g/mol. The number of fused-ring (bicyclic) bond motifs is 24. The molecule has 0 saturated carbocycles. The minimum atomic E-state index is 0.340.